The molecule has 1 aliphatic rings. The number of nitrogens with zero attached hydrogens (tertiary/aromatic N) is 3. The van der Waals surface area contributed by atoms with Crippen LogP contribution in [0, 0.1) is 0 Å². The molecule has 1 aromatic carbocycles. The number of hydrogen-bond acceptors (Lipinski definition) is 8. The van der Waals surface area contributed by atoms with E-state index in [1.165, 1.54) is 0 Å². The highest BCUT2D eigenvalue weighted by atomic mass is 16.7. The molecule has 0 amide bonds. The number of aromatic nitrogens is 3. The Hall–Kier alpha value is -2.40. The van der Waals surface area contributed by atoms with Gasteiger partial charge in [0.2, 0.25) is 0 Å². The minimum atomic E-state index is -0.245. The van der Waals surface area contributed by atoms with Crippen LogP contribution >= 0.6 is 0 Å². The molecule has 0 aliphatic carbocycles. The molecule has 1 saturated heterocycles. The van der Waals surface area contributed by atoms with Gasteiger partial charge in [0, 0.05) is 46.5 Å². The zero-order valence-electron chi connectivity index (χ0n) is 19.4. The van der Waals surface area contributed by atoms with E-state index in [0.29, 0.717) is 29.4 Å². The van der Waals surface area contributed by atoms with Crippen LogP contribution in [0.4, 0.5) is 0 Å². The molecule has 2 heterocycles. The van der Waals surface area contributed by atoms with Gasteiger partial charge in [-0.05, 0) is 24.0 Å². The second-order valence-electron chi connectivity index (χ2n) is 7.95. The summed E-state index contributed by atoms with van der Waals surface area (Å²) in [6.07, 6.45) is 0.826. The van der Waals surface area contributed by atoms with Gasteiger partial charge in [-0.3, -0.25) is 9.47 Å². The molecular weight excluding hydrogens is 416 g/mol. The molecule has 178 valence electrons. The normalized spacial score (nSPS) is 14.8. The minimum absolute atomic E-state index is 0.0590. The van der Waals surface area contributed by atoms with Crippen LogP contribution in [0.5, 0.6) is 11.5 Å². The molecule has 1 fully saturated rings. The number of ether oxygens (including phenoxy) is 5. The van der Waals surface area contributed by atoms with Gasteiger partial charge in [-0.1, -0.05) is 13.8 Å². The summed E-state index contributed by atoms with van der Waals surface area (Å²) in [6, 6.07) is 3.77. The molecule has 1 N–H and O–H groups in total. The van der Waals surface area contributed by atoms with Crippen molar-refractivity contribution in [1.29, 1.82) is 0 Å². The lowest BCUT2D eigenvalue weighted by Gasteiger charge is -2.26. The van der Waals surface area contributed by atoms with Crippen LogP contribution in [0.2, 0.25) is 0 Å². The first-order valence-corrected chi connectivity index (χ1v) is 10.9. The zero-order valence-corrected chi connectivity index (χ0v) is 19.4. The predicted molar refractivity (Wildman–Crippen MR) is 119 cm³/mol. The Labute approximate surface area is 188 Å². The Balaban J connectivity index is 1.90. The summed E-state index contributed by atoms with van der Waals surface area (Å²) >= 11 is 0. The number of benzene rings is 1. The van der Waals surface area contributed by atoms with Crippen LogP contribution in [-0.4, -0.2) is 80.3 Å². The number of methoxy groups -OCH3 is 2. The average Bonchev–Trinajstić information content (AvgIpc) is 3.16. The molecule has 0 radical (unpaired) electrons. The third-order valence-corrected chi connectivity index (χ3v) is 5.36. The smallest absolute Gasteiger partial charge is 0.343 e. The Morgan fingerprint density at radius 1 is 1.06 bits per heavy atom. The highest BCUT2D eigenvalue weighted by Gasteiger charge is 2.21. The predicted octanol–water partition coefficient (Wildman–Crippen LogP) is 2.05. The number of rotatable bonds is 12. The van der Waals surface area contributed by atoms with Gasteiger partial charge >= 0.3 is 5.69 Å². The van der Waals surface area contributed by atoms with Crippen molar-refractivity contribution in [3.8, 4) is 22.9 Å². The van der Waals surface area contributed by atoms with Crippen LogP contribution in [0.3, 0.4) is 0 Å². The fourth-order valence-electron chi connectivity index (χ4n) is 3.70. The fraction of sp³-hybridized carbons (Fsp3) is 0.636. The summed E-state index contributed by atoms with van der Waals surface area (Å²) in [4.78, 5) is 14.9. The van der Waals surface area contributed by atoms with Crippen molar-refractivity contribution in [2.24, 2.45) is 0 Å². The molecule has 10 nitrogen and oxygen atoms in total. The highest BCUT2D eigenvalue weighted by molar-refractivity contribution is 5.68. The van der Waals surface area contributed by atoms with Crippen LogP contribution < -0.4 is 15.2 Å². The Kier molecular flexibility index (Phi) is 9.10. The second-order valence-corrected chi connectivity index (χ2v) is 7.95. The van der Waals surface area contributed by atoms with Gasteiger partial charge < -0.3 is 23.7 Å². The van der Waals surface area contributed by atoms with Gasteiger partial charge in [0.25, 0.3) is 0 Å². The monoisotopic (exact) mass is 450 g/mol. The largest absolute Gasteiger partial charge is 0.467 e. The number of morpholine rings is 1. The molecule has 1 aromatic heterocycles. The molecule has 0 atom stereocenters. The van der Waals surface area contributed by atoms with Crippen LogP contribution in [0.1, 0.15) is 31.7 Å². The van der Waals surface area contributed by atoms with Crippen molar-refractivity contribution in [1.82, 2.24) is 19.7 Å². The van der Waals surface area contributed by atoms with Gasteiger partial charge in [0.15, 0.2) is 19.4 Å². The van der Waals surface area contributed by atoms with E-state index >= 15 is 0 Å². The van der Waals surface area contributed by atoms with E-state index in [1.54, 1.807) is 24.9 Å². The highest BCUT2D eigenvalue weighted by Crippen LogP contribution is 2.38. The number of hydrogen-bond donors (Lipinski definition) is 1. The van der Waals surface area contributed by atoms with Gasteiger partial charge in [-0.2, -0.15) is 5.10 Å². The fourth-order valence-corrected chi connectivity index (χ4v) is 3.70. The molecule has 0 unspecified atom stereocenters. The molecule has 32 heavy (non-hydrogen) atoms. The molecule has 0 spiro atoms. The SMILES string of the molecule is COCOc1cc(OCOC)c(C(C)C)cc1-c1n[nH]c(=O)n1CCCN1CCOCC1. The first-order valence-electron chi connectivity index (χ1n) is 10.9. The van der Waals surface area contributed by atoms with E-state index in [0.717, 1.165) is 44.8 Å². The summed E-state index contributed by atoms with van der Waals surface area (Å²) in [6.45, 7) is 9.13. The first kappa shape index (κ1) is 24.2. The molecule has 1 aliphatic heterocycles. The number of H-pyrrole nitrogens is 1. The second kappa shape index (κ2) is 12.0. The van der Waals surface area contributed by atoms with Gasteiger partial charge in [-0.15, -0.1) is 0 Å². The van der Waals surface area contributed by atoms with Crippen LogP contribution in [0.15, 0.2) is 16.9 Å². The van der Waals surface area contributed by atoms with Crippen molar-refractivity contribution >= 4 is 0 Å². The average molecular weight is 451 g/mol. The standard InChI is InChI=1S/C22H34N4O6/c1-16(2)17-12-18(20(32-15-29-4)13-19(17)31-14-28-3)21-23-24-22(27)26(21)7-5-6-25-8-10-30-11-9-25/h12-13,16H,5-11,14-15H2,1-4H3,(H,24,27). The van der Waals surface area contributed by atoms with Gasteiger partial charge in [0.1, 0.15) is 11.5 Å². The lowest BCUT2D eigenvalue weighted by molar-refractivity contribution is 0.0369. The van der Waals surface area contributed by atoms with E-state index in [-0.39, 0.29) is 25.2 Å². The maximum atomic E-state index is 12.6. The number of aromatic amines is 1. The van der Waals surface area contributed by atoms with Crippen LogP contribution in [0.25, 0.3) is 11.4 Å². The van der Waals surface area contributed by atoms with E-state index in [9.17, 15) is 4.79 Å². The third kappa shape index (κ3) is 6.10. The summed E-state index contributed by atoms with van der Waals surface area (Å²) in [5, 5.41) is 6.91. The van der Waals surface area contributed by atoms with E-state index < -0.39 is 0 Å². The Morgan fingerprint density at radius 3 is 2.41 bits per heavy atom. The van der Waals surface area contributed by atoms with Crippen molar-refractivity contribution in [3.63, 3.8) is 0 Å². The van der Waals surface area contributed by atoms with Crippen molar-refractivity contribution < 1.29 is 23.7 Å². The molecule has 3 rings (SSSR count). The quantitative estimate of drug-likeness (QED) is 0.491. The summed E-state index contributed by atoms with van der Waals surface area (Å²) in [5.74, 6) is 1.89. The summed E-state index contributed by atoms with van der Waals surface area (Å²) in [7, 11) is 3.13. The maximum Gasteiger partial charge on any atom is 0.343 e. The lowest BCUT2D eigenvalue weighted by Crippen LogP contribution is -2.37. The topological polar surface area (TPSA) is 100 Å². The number of nitrogens with one attached hydrogen (secondary N) is 1. The molecule has 0 saturated carbocycles. The van der Waals surface area contributed by atoms with Gasteiger partial charge in [0.05, 0.1) is 18.8 Å². The van der Waals surface area contributed by atoms with Crippen molar-refractivity contribution in [2.75, 3.05) is 60.7 Å². The van der Waals surface area contributed by atoms with Crippen LogP contribution in [-0.2, 0) is 20.8 Å². The molecule has 0 bridgehead atoms. The van der Waals surface area contributed by atoms with Crippen molar-refractivity contribution in [2.45, 2.75) is 32.7 Å². The third-order valence-electron chi connectivity index (χ3n) is 5.36. The lowest BCUT2D eigenvalue weighted by atomic mass is 9.98. The molecular formula is C22H34N4O6. The summed E-state index contributed by atoms with van der Waals surface area (Å²) in [5.41, 5.74) is 1.43. The van der Waals surface area contributed by atoms with Gasteiger partial charge in [-0.25, -0.2) is 9.89 Å². The molecule has 2 aromatic rings. The minimum Gasteiger partial charge on any atom is -0.467 e. The first-order chi connectivity index (χ1) is 15.5. The van der Waals surface area contributed by atoms with E-state index in [4.69, 9.17) is 23.7 Å². The molecule has 10 heteroatoms. The maximum absolute atomic E-state index is 12.6. The summed E-state index contributed by atoms with van der Waals surface area (Å²) < 4.78 is 28.8. The van der Waals surface area contributed by atoms with E-state index in [1.807, 2.05) is 6.07 Å². The van der Waals surface area contributed by atoms with E-state index in [2.05, 4.69) is 28.9 Å². The van der Waals surface area contributed by atoms with Crippen molar-refractivity contribution in [3.05, 3.63) is 28.2 Å². The Morgan fingerprint density at radius 2 is 1.75 bits per heavy atom. The Bertz CT molecular complexity index is 904. The zero-order chi connectivity index (χ0) is 22.9.